The molecule has 0 aliphatic heterocycles. The molecule has 1 aromatic carbocycles. The van der Waals surface area contributed by atoms with Gasteiger partial charge in [0.2, 0.25) is 5.91 Å². The van der Waals surface area contributed by atoms with Crippen molar-refractivity contribution >= 4 is 28.8 Å². The number of ether oxygens (including phenoxy) is 2. The quantitative estimate of drug-likeness (QED) is 0.652. The van der Waals surface area contributed by atoms with Gasteiger partial charge >= 0.3 is 0 Å². The van der Waals surface area contributed by atoms with E-state index in [0.717, 1.165) is 22.9 Å². The molecule has 0 radical (unpaired) electrons. The molecule has 130 valence electrons. The van der Waals surface area contributed by atoms with Crippen LogP contribution in [0.15, 0.2) is 29.6 Å². The van der Waals surface area contributed by atoms with E-state index in [1.54, 1.807) is 12.1 Å². The Balaban J connectivity index is 1.70. The Morgan fingerprint density at radius 3 is 2.88 bits per heavy atom. The molecular weight excluding hydrogens is 348 g/mol. The number of rotatable bonds is 10. The van der Waals surface area contributed by atoms with Gasteiger partial charge < -0.3 is 14.8 Å². The molecule has 1 aromatic heterocycles. The minimum absolute atomic E-state index is 0.0260. The van der Waals surface area contributed by atoms with E-state index in [9.17, 15) is 4.79 Å². The summed E-state index contributed by atoms with van der Waals surface area (Å²) in [5, 5.41) is 6.26. The van der Waals surface area contributed by atoms with Crippen LogP contribution in [-0.2, 0) is 22.6 Å². The fourth-order valence-corrected chi connectivity index (χ4v) is 2.78. The molecule has 0 aliphatic rings. The molecular formula is C17H21ClN2O3S. The monoisotopic (exact) mass is 368 g/mol. The van der Waals surface area contributed by atoms with Gasteiger partial charge in [-0.1, -0.05) is 11.6 Å². The van der Waals surface area contributed by atoms with Crippen molar-refractivity contribution in [3.8, 4) is 5.75 Å². The van der Waals surface area contributed by atoms with Gasteiger partial charge in [0.1, 0.15) is 17.4 Å². The predicted molar refractivity (Wildman–Crippen MR) is 95.7 cm³/mol. The fourth-order valence-electron chi connectivity index (χ4n) is 1.95. The SMILES string of the molecule is CCOCCCNC(=O)Cc1csc(COc2ccc(Cl)cc2)n1. The molecule has 0 bridgehead atoms. The normalized spacial score (nSPS) is 10.6. The summed E-state index contributed by atoms with van der Waals surface area (Å²) in [6, 6.07) is 7.18. The standard InChI is InChI=1S/C17H21ClN2O3S/c1-2-22-9-3-8-19-16(21)10-14-12-24-17(20-14)11-23-15-6-4-13(18)5-7-15/h4-7,12H,2-3,8-11H2,1H3,(H,19,21). The number of hydrogen-bond acceptors (Lipinski definition) is 5. The van der Waals surface area contributed by atoms with Crippen molar-refractivity contribution < 1.29 is 14.3 Å². The maximum atomic E-state index is 11.8. The molecule has 0 unspecified atom stereocenters. The molecule has 2 aromatic rings. The summed E-state index contributed by atoms with van der Waals surface area (Å²) in [4.78, 5) is 16.3. The molecule has 0 spiro atoms. The molecule has 1 N–H and O–H groups in total. The van der Waals surface area contributed by atoms with Crippen LogP contribution >= 0.6 is 22.9 Å². The molecule has 0 aliphatic carbocycles. The zero-order chi connectivity index (χ0) is 17.2. The van der Waals surface area contributed by atoms with E-state index >= 15 is 0 Å². The number of nitrogens with zero attached hydrogens (tertiary/aromatic N) is 1. The average Bonchev–Trinajstić information content (AvgIpc) is 3.01. The van der Waals surface area contributed by atoms with Gasteiger partial charge in [-0.25, -0.2) is 4.98 Å². The highest BCUT2D eigenvalue weighted by molar-refractivity contribution is 7.09. The summed E-state index contributed by atoms with van der Waals surface area (Å²) < 4.78 is 10.9. The maximum absolute atomic E-state index is 11.8. The molecule has 5 nitrogen and oxygen atoms in total. The Morgan fingerprint density at radius 1 is 1.33 bits per heavy atom. The number of amides is 1. The molecule has 2 rings (SSSR count). The lowest BCUT2D eigenvalue weighted by molar-refractivity contribution is -0.120. The van der Waals surface area contributed by atoms with Crippen LogP contribution in [-0.4, -0.2) is 30.6 Å². The molecule has 0 atom stereocenters. The van der Waals surface area contributed by atoms with E-state index in [-0.39, 0.29) is 12.3 Å². The van der Waals surface area contributed by atoms with Gasteiger partial charge in [-0.05, 0) is 37.6 Å². The van der Waals surface area contributed by atoms with Crippen LogP contribution in [0.3, 0.4) is 0 Å². The van der Waals surface area contributed by atoms with E-state index in [4.69, 9.17) is 21.1 Å². The lowest BCUT2D eigenvalue weighted by Crippen LogP contribution is -2.27. The number of halogens is 1. The maximum Gasteiger partial charge on any atom is 0.226 e. The number of aromatic nitrogens is 1. The van der Waals surface area contributed by atoms with E-state index in [1.807, 2.05) is 24.4 Å². The van der Waals surface area contributed by atoms with Crippen LogP contribution in [0.4, 0.5) is 0 Å². The summed E-state index contributed by atoms with van der Waals surface area (Å²) in [6.07, 6.45) is 1.10. The Hall–Kier alpha value is -1.63. The van der Waals surface area contributed by atoms with Gasteiger partial charge in [0.05, 0.1) is 12.1 Å². The van der Waals surface area contributed by atoms with Crippen LogP contribution in [0.1, 0.15) is 24.0 Å². The third-order valence-electron chi connectivity index (χ3n) is 3.11. The van der Waals surface area contributed by atoms with E-state index in [0.29, 0.717) is 31.4 Å². The van der Waals surface area contributed by atoms with Crippen LogP contribution in [0.5, 0.6) is 5.75 Å². The molecule has 0 saturated heterocycles. The third-order valence-corrected chi connectivity index (χ3v) is 4.23. The molecule has 1 heterocycles. The topological polar surface area (TPSA) is 60.5 Å². The second kappa shape index (κ2) is 10.3. The fraction of sp³-hybridized carbons (Fsp3) is 0.412. The van der Waals surface area contributed by atoms with Crippen LogP contribution in [0.2, 0.25) is 5.02 Å². The molecule has 7 heteroatoms. The molecule has 0 saturated carbocycles. The lowest BCUT2D eigenvalue weighted by atomic mass is 10.3. The lowest BCUT2D eigenvalue weighted by Gasteiger charge is -2.04. The van der Waals surface area contributed by atoms with Crippen molar-refractivity contribution in [3.63, 3.8) is 0 Å². The minimum Gasteiger partial charge on any atom is -0.486 e. The first-order valence-corrected chi connectivity index (χ1v) is 9.09. The first-order chi connectivity index (χ1) is 11.7. The Labute approximate surface area is 151 Å². The van der Waals surface area contributed by atoms with Crippen molar-refractivity contribution in [1.29, 1.82) is 0 Å². The minimum atomic E-state index is -0.0260. The first-order valence-electron chi connectivity index (χ1n) is 7.83. The number of carbonyl (C=O) groups is 1. The van der Waals surface area contributed by atoms with Crippen LogP contribution in [0, 0.1) is 0 Å². The summed E-state index contributed by atoms with van der Waals surface area (Å²) in [7, 11) is 0. The summed E-state index contributed by atoms with van der Waals surface area (Å²) in [5.74, 6) is 0.713. The second-order valence-electron chi connectivity index (χ2n) is 5.05. The third kappa shape index (κ3) is 6.86. The Bertz CT molecular complexity index is 631. The van der Waals surface area contributed by atoms with Gasteiger partial charge in [-0.2, -0.15) is 0 Å². The van der Waals surface area contributed by atoms with Crippen LogP contribution < -0.4 is 10.1 Å². The Kier molecular flexibility index (Phi) is 8.01. The van der Waals surface area contributed by atoms with Gasteiger partial charge in [-0.15, -0.1) is 11.3 Å². The van der Waals surface area contributed by atoms with Crippen LogP contribution in [0.25, 0.3) is 0 Å². The van der Waals surface area contributed by atoms with Crippen molar-refractivity contribution in [1.82, 2.24) is 10.3 Å². The Morgan fingerprint density at radius 2 is 2.12 bits per heavy atom. The van der Waals surface area contributed by atoms with Gasteiger partial charge in [0, 0.05) is 30.2 Å². The summed E-state index contributed by atoms with van der Waals surface area (Å²) >= 11 is 7.32. The number of nitrogens with one attached hydrogen (secondary N) is 1. The highest BCUT2D eigenvalue weighted by Gasteiger charge is 2.08. The van der Waals surface area contributed by atoms with Gasteiger partial charge in [0.15, 0.2) is 0 Å². The second-order valence-corrected chi connectivity index (χ2v) is 6.43. The first kappa shape index (κ1) is 18.7. The number of benzene rings is 1. The van der Waals surface area contributed by atoms with Crippen molar-refractivity contribution in [2.24, 2.45) is 0 Å². The summed E-state index contributed by atoms with van der Waals surface area (Å²) in [6.45, 7) is 4.32. The molecule has 1 amide bonds. The highest BCUT2D eigenvalue weighted by atomic mass is 35.5. The number of thiazole rings is 1. The van der Waals surface area contributed by atoms with Crippen molar-refractivity contribution in [2.75, 3.05) is 19.8 Å². The molecule has 0 fully saturated rings. The molecule has 24 heavy (non-hydrogen) atoms. The zero-order valence-electron chi connectivity index (χ0n) is 13.6. The predicted octanol–water partition coefficient (Wildman–Crippen LogP) is 3.46. The van der Waals surface area contributed by atoms with E-state index in [1.165, 1.54) is 11.3 Å². The van der Waals surface area contributed by atoms with Crippen molar-refractivity contribution in [3.05, 3.63) is 45.4 Å². The van der Waals surface area contributed by atoms with E-state index in [2.05, 4.69) is 10.3 Å². The highest BCUT2D eigenvalue weighted by Crippen LogP contribution is 2.18. The number of hydrogen-bond donors (Lipinski definition) is 1. The average molecular weight is 369 g/mol. The zero-order valence-corrected chi connectivity index (χ0v) is 15.2. The summed E-state index contributed by atoms with van der Waals surface area (Å²) in [5.41, 5.74) is 0.761. The number of carbonyl (C=O) groups excluding carboxylic acids is 1. The smallest absolute Gasteiger partial charge is 0.226 e. The van der Waals surface area contributed by atoms with Crippen molar-refractivity contribution in [2.45, 2.75) is 26.4 Å². The van der Waals surface area contributed by atoms with Gasteiger partial charge in [-0.3, -0.25) is 4.79 Å². The van der Waals surface area contributed by atoms with Gasteiger partial charge in [0.25, 0.3) is 0 Å². The largest absolute Gasteiger partial charge is 0.486 e. The van der Waals surface area contributed by atoms with E-state index < -0.39 is 0 Å².